The Kier molecular flexibility index (Phi) is 7.75. The Hall–Kier alpha value is -3.45. The monoisotopic (exact) mass is 478 g/mol. The molecule has 176 valence electrons. The van der Waals surface area contributed by atoms with Crippen LogP contribution in [0.4, 0.5) is 9.52 Å². The predicted octanol–water partition coefficient (Wildman–Crippen LogP) is 6.40. The van der Waals surface area contributed by atoms with E-state index in [2.05, 4.69) is 11.9 Å². The van der Waals surface area contributed by atoms with E-state index in [1.54, 1.807) is 17.0 Å². The fourth-order valence-corrected chi connectivity index (χ4v) is 4.71. The normalized spacial score (nSPS) is 10.9. The molecular weight excluding hydrogens is 451 g/mol. The first-order valence-corrected chi connectivity index (χ1v) is 12.2. The van der Waals surface area contributed by atoms with Crippen molar-refractivity contribution in [1.82, 2.24) is 4.98 Å². The van der Waals surface area contributed by atoms with Gasteiger partial charge in [0, 0.05) is 0 Å². The van der Waals surface area contributed by atoms with E-state index >= 15 is 0 Å². The lowest BCUT2D eigenvalue weighted by molar-refractivity contribution is -0.120. The molecular formula is C27H27FN2O3S. The summed E-state index contributed by atoms with van der Waals surface area (Å²) < 4.78 is 26.8. The van der Waals surface area contributed by atoms with Crippen LogP contribution in [0.1, 0.15) is 31.4 Å². The lowest BCUT2D eigenvalue weighted by Gasteiger charge is -2.21. The Morgan fingerprint density at radius 1 is 1.00 bits per heavy atom. The third kappa shape index (κ3) is 5.37. The minimum atomic E-state index is -0.405. The number of para-hydroxylation sites is 2. The molecule has 0 radical (unpaired) electrons. The van der Waals surface area contributed by atoms with Crippen LogP contribution in [0.25, 0.3) is 10.2 Å². The van der Waals surface area contributed by atoms with Gasteiger partial charge < -0.3 is 9.47 Å². The van der Waals surface area contributed by atoms with Gasteiger partial charge >= 0.3 is 0 Å². The third-order valence-corrected chi connectivity index (χ3v) is 6.34. The van der Waals surface area contributed by atoms with Crippen LogP contribution >= 0.6 is 11.3 Å². The highest BCUT2D eigenvalue weighted by Gasteiger charge is 2.22. The number of amides is 1. The number of thiazole rings is 1. The van der Waals surface area contributed by atoms with Crippen LogP contribution in [0.3, 0.4) is 0 Å². The Bertz CT molecular complexity index is 1260. The second-order valence-electron chi connectivity index (χ2n) is 7.76. The Balaban J connectivity index is 1.61. The molecule has 0 saturated carbocycles. The lowest BCUT2D eigenvalue weighted by atomic mass is 10.1. The maximum Gasteiger partial charge on any atom is 0.267 e. The molecule has 1 aromatic heterocycles. The fourth-order valence-electron chi connectivity index (χ4n) is 3.71. The number of rotatable bonds is 10. The maximum atomic E-state index is 14.3. The zero-order valence-electron chi connectivity index (χ0n) is 19.3. The second-order valence-corrected chi connectivity index (χ2v) is 8.77. The number of fused-ring (bicyclic) bond motifs is 1. The lowest BCUT2D eigenvalue weighted by Crippen LogP contribution is -2.34. The van der Waals surface area contributed by atoms with Gasteiger partial charge in [0.2, 0.25) is 0 Å². The number of benzene rings is 3. The van der Waals surface area contributed by atoms with Gasteiger partial charge in [-0.05, 0) is 42.7 Å². The molecule has 0 N–H and O–H groups in total. The summed E-state index contributed by atoms with van der Waals surface area (Å²) in [7, 11) is 0. The summed E-state index contributed by atoms with van der Waals surface area (Å²) in [6, 6.07) is 20.2. The predicted molar refractivity (Wildman–Crippen MR) is 134 cm³/mol. The summed E-state index contributed by atoms with van der Waals surface area (Å²) in [6.07, 6.45) is 1.83. The number of hydrogen-bond donors (Lipinski definition) is 0. The maximum absolute atomic E-state index is 14.3. The minimum absolute atomic E-state index is 0.194. The van der Waals surface area contributed by atoms with Crippen LogP contribution in [0.15, 0.2) is 66.7 Å². The molecule has 0 spiro atoms. The molecule has 1 heterocycles. The number of anilines is 1. The summed E-state index contributed by atoms with van der Waals surface area (Å²) in [4.78, 5) is 19.4. The van der Waals surface area contributed by atoms with Gasteiger partial charge in [0.1, 0.15) is 11.3 Å². The highest BCUT2D eigenvalue weighted by Crippen LogP contribution is 2.34. The first-order chi connectivity index (χ1) is 16.6. The van der Waals surface area contributed by atoms with E-state index in [0.29, 0.717) is 34.5 Å². The molecule has 34 heavy (non-hydrogen) atoms. The van der Waals surface area contributed by atoms with Crippen molar-refractivity contribution in [2.24, 2.45) is 0 Å². The molecule has 0 fully saturated rings. The average Bonchev–Trinajstić information content (AvgIpc) is 3.29. The topological polar surface area (TPSA) is 51.7 Å². The molecule has 0 saturated heterocycles. The average molecular weight is 479 g/mol. The fraction of sp³-hybridized carbons (Fsp3) is 0.259. The molecule has 0 aliphatic rings. The zero-order chi connectivity index (χ0) is 23.9. The number of ether oxygens (including phenoxy) is 2. The van der Waals surface area contributed by atoms with Gasteiger partial charge in [0.15, 0.2) is 23.2 Å². The molecule has 0 aliphatic heterocycles. The summed E-state index contributed by atoms with van der Waals surface area (Å²) in [5, 5.41) is 0.433. The summed E-state index contributed by atoms with van der Waals surface area (Å²) in [6.45, 7) is 4.64. The van der Waals surface area contributed by atoms with Crippen LogP contribution in [-0.4, -0.2) is 24.1 Å². The summed E-state index contributed by atoms with van der Waals surface area (Å²) >= 11 is 1.28. The molecule has 1 amide bonds. The van der Waals surface area contributed by atoms with E-state index < -0.39 is 5.82 Å². The SMILES string of the molecule is CCCc1cccc(OCC(=O)N(Cc2ccccc2)c2nc3c(F)cccc3s2)c1OCC. The van der Waals surface area contributed by atoms with Crippen molar-refractivity contribution in [2.75, 3.05) is 18.1 Å². The van der Waals surface area contributed by atoms with Crippen molar-refractivity contribution >= 4 is 32.6 Å². The molecule has 3 aromatic carbocycles. The number of nitrogens with zero attached hydrogens (tertiary/aromatic N) is 2. The van der Waals surface area contributed by atoms with Crippen LogP contribution < -0.4 is 14.4 Å². The van der Waals surface area contributed by atoms with Gasteiger partial charge in [-0.15, -0.1) is 0 Å². The van der Waals surface area contributed by atoms with E-state index in [0.717, 1.165) is 24.0 Å². The van der Waals surface area contributed by atoms with Crippen LogP contribution in [-0.2, 0) is 17.8 Å². The van der Waals surface area contributed by atoms with Gasteiger partial charge in [-0.2, -0.15) is 0 Å². The molecule has 0 unspecified atom stereocenters. The van der Waals surface area contributed by atoms with Gasteiger partial charge in [-0.1, -0.05) is 73.2 Å². The first-order valence-electron chi connectivity index (χ1n) is 11.4. The van der Waals surface area contributed by atoms with Crippen molar-refractivity contribution in [3.63, 3.8) is 0 Å². The Labute approximate surface area is 202 Å². The molecule has 7 heteroatoms. The second kappa shape index (κ2) is 11.1. The highest BCUT2D eigenvalue weighted by atomic mass is 32.1. The molecule has 5 nitrogen and oxygen atoms in total. The van der Waals surface area contributed by atoms with Gasteiger partial charge in [0.25, 0.3) is 5.91 Å². The standard InChI is InChI=1S/C27H27FN2O3S/c1-3-10-20-13-8-15-22(26(20)32-4-2)33-18-24(31)30(17-19-11-6-5-7-12-19)27-29-25-21(28)14-9-16-23(25)34-27/h5-9,11-16H,3-4,10,17-18H2,1-2H3. The Morgan fingerprint density at radius 2 is 1.79 bits per heavy atom. The van der Waals surface area contributed by atoms with Gasteiger partial charge in [-0.3, -0.25) is 9.69 Å². The number of hydrogen-bond acceptors (Lipinski definition) is 5. The van der Waals surface area contributed by atoms with Crippen molar-refractivity contribution in [3.05, 3.63) is 83.7 Å². The van der Waals surface area contributed by atoms with E-state index in [-0.39, 0.29) is 18.0 Å². The Morgan fingerprint density at radius 3 is 2.53 bits per heavy atom. The molecule has 0 bridgehead atoms. The van der Waals surface area contributed by atoms with Gasteiger partial charge in [-0.25, -0.2) is 9.37 Å². The quantitative estimate of drug-likeness (QED) is 0.265. The largest absolute Gasteiger partial charge is 0.490 e. The number of aryl methyl sites for hydroxylation is 1. The third-order valence-electron chi connectivity index (χ3n) is 5.29. The smallest absolute Gasteiger partial charge is 0.267 e. The van der Waals surface area contributed by atoms with E-state index in [9.17, 15) is 9.18 Å². The van der Waals surface area contributed by atoms with Crippen molar-refractivity contribution in [3.8, 4) is 11.5 Å². The highest BCUT2D eigenvalue weighted by molar-refractivity contribution is 7.22. The summed E-state index contributed by atoms with van der Waals surface area (Å²) in [5.74, 6) is 0.539. The molecule has 4 aromatic rings. The van der Waals surface area contributed by atoms with Crippen LogP contribution in [0.2, 0.25) is 0 Å². The minimum Gasteiger partial charge on any atom is -0.490 e. The van der Waals surface area contributed by atoms with Crippen LogP contribution in [0, 0.1) is 5.82 Å². The molecule has 0 atom stereocenters. The molecule has 4 rings (SSSR count). The number of aromatic nitrogens is 1. The summed E-state index contributed by atoms with van der Waals surface area (Å²) in [5.41, 5.74) is 2.26. The first kappa shape index (κ1) is 23.7. The van der Waals surface area contributed by atoms with E-state index in [1.165, 1.54) is 17.4 Å². The zero-order valence-corrected chi connectivity index (χ0v) is 20.1. The molecule has 0 aliphatic carbocycles. The van der Waals surface area contributed by atoms with Crippen molar-refractivity contribution in [2.45, 2.75) is 33.2 Å². The number of carbonyl (C=O) groups is 1. The van der Waals surface area contributed by atoms with Crippen LogP contribution in [0.5, 0.6) is 11.5 Å². The van der Waals surface area contributed by atoms with E-state index in [1.807, 2.05) is 55.5 Å². The van der Waals surface area contributed by atoms with Crippen molar-refractivity contribution < 1.29 is 18.7 Å². The van der Waals surface area contributed by atoms with Gasteiger partial charge in [0.05, 0.1) is 17.9 Å². The van der Waals surface area contributed by atoms with E-state index in [4.69, 9.17) is 9.47 Å². The van der Waals surface area contributed by atoms with Crippen molar-refractivity contribution in [1.29, 1.82) is 0 Å². The number of carbonyl (C=O) groups excluding carboxylic acids is 1. The number of halogens is 1.